The maximum atomic E-state index is 12.0. The van der Waals surface area contributed by atoms with E-state index in [0.29, 0.717) is 5.13 Å². The van der Waals surface area contributed by atoms with Crippen molar-refractivity contribution in [1.82, 2.24) is 4.98 Å². The van der Waals surface area contributed by atoms with Gasteiger partial charge < -0.3 is 4.74 Å². The van der Waals surface area contributed by atoms with Gasteiger partial charge in [-0.25, -0.2) is 4.98 Å². The number of methoxy groups -OCH3 is 1. The second-order valence-electron chi connectivity index (χ2n) is 5.50. The molecule has 1 aromatic heterocycles. The molecule has 0 aliphatic rings. The van der Waals surface area contributed by atoms with Gasteiger partial charge in [-0.05, 0) is 30.7 Å². The highest BCUT2D eigenvalue weighted by Gasteiger charge is 2.07. The highest BCUT2D eigenvalue weighted by atomic mass is 32.1. The van der Waals surface area contributed by atoms with E-state index in [1.54, 1.807) is 13.2 Å². The van der Waals surface area contributed by atoms with Crippen molar-refractivity contribution in [3.05, 3.63) is 71.1 Å². The second-order valence-corrected chi connectivity index (χ2v) is 6.36. The first-order chi connectivity index (χ1) is 12.1. The fourth-order valence-electron chi connectivity index (χ4n) is 2.24. The van der Waals surface area contributed by atoms with Crippen LogP contribution in [0.5, 0.6) is 5.75 Å². The SMILES string of the molecule is COc1cccc(-c2csc(NC(=O)/C=C/c3ccc(C)cc3)n2)c1. The number of nitrogens with one attached hydrogen (secondary N) is 1. The predicted octanol–water partition coefficient (Wildman–Crippen LogP) is 4.78. The molecule has 0 saturated heterocycles. The predicted molar refractivity (Wildman–Crippen MR) is 103 cm³/mol. The molecule has 2 aromatic carbocycles. The van der Waals surface area contributed by atoms with Crippen LogP contribution in [0.25, 0.3) is 17.3 Å². The number of aryl methyl sites for hydroxylation is 1. The maximum absolute atomic E-state index is 12.0. The number of hydrogen-bond donors (Lipinski definition) is 1. The summed E-state index contributed by atoms with van der Waals surface area (Å²) in [5.41, 5.74) is 3.93. The third-order valence-corrected chi connectivity index (χ3v) is 4.36. The van der Waals surface area contributed by atoms with E-state index in [2.05, 4.69) is 10.3 Å². The van der Waals surface area contributed by atoms with Gasteiger partial charge in [-0.3, -0.25) is 10.1 Å². The van der Waals surface area contributed by atoms with Gasteiger partial charge in [0.05, 0.1) is 12.8 Å². The molecule has 0 radical (unpaired) electrons. The van der Waals surface area contributed by atoms with Crippen LogP contribution in [-0.4, -0.2) is 18.0 Å². The van der Waals surface area contributed by atoms with Crippen molar-refractivity contribution in [3.8, 4) is 17.0 Å². The summed E-state index contributed by atoms with van der Waals surface area (Å²) < 4.78 is 5.23. The average Bonchev–Trinajstić information content (AvgIpc) is 3.10. The van der Waals surface area contributed by atoms with Gasteiger partial charge in [0.1, 0.15) is 5.75 Å². The molecule has 0 bridgehead atoms. The zero-order chi connectivity index (χ0) is 17.6. The Balaban J connectivity index is 1.66. The molecular weight excluding hydrogens is 332 g/mol. The average molecular weight is 350 g/mol. The second kappa shape index (κ2) is 7.77. The lowest BCUT2D eigenvalue weighted by Gasteiger charge is -2.01. The molecule has 5 heteroatoms. The van der Waals surface area contributed by atoms with Crippen molar-refractivity contribution >= 4 is 28.5 Å². The van der Waals surface area contributed by atoms with Gasteiger partial charge in [0.2, 0.25) is 5.91 Å². The first-order valence-corrected chi connectivity index (χ1v) is 8.68. The number of benzene rings is 2. The van der Waals surface area contributed by atoms with Gasteiger partial charge in [-0.15, -0.1) is 11.3 Å². The van der Waals surface area contributed by atoms with Gasteiger partial charge in [-0.1, -0.05) is 42.0 Å². The number of nitrogens with zero attached hydrogens (tertiary/aromatic N) is 1. The van der Waals surface area contributed by atoms with E-state index in [4.69, 9.17) is 4.74 Å². The van der Waals surface area contributed by atoms with E-state index in [9.17, 15) is 4.79 Å². The van der Waals surface area contributed by atoms with E-state index in [1.807, 2.05) is 60.8 Å². The van der Waals surface area contributed by atoms with Crippen molar-refractivity contribution in [2.75, 3.05) is 12.4 Å². The van der Waals surface area contributed by atoms with Crippen LogP contribution in [-0.2, 0) is 4.79 Å². The molecule has 3 aromatic rings. The molecule has 0 atom stereocenters. The summed E-state index contributed by atoms with van der Waals surface area (Å²) in [5, 5.41) is 5.27. The number of ether oxygens (including phenoxy) is 1. The maximum Gasteiger partial charge on any atom is 0.250 e. The minimum Gasteiger partial charge on any atom is -0.497 e. The van der Waals surface area contributed by atoms with Crippen LogP contribution in [0.15, 0.2) is 60.0 Å². The Morgan fingerprint density at radius 3 is 2.76 bits per heavy atom. The largest absolute Gasteiger partial charge is 0.497 e. The summed E-state index contributed by atoms with van der Waals surface area (Å²) in [4.78, 5) is 16.5. The van der Waals surface area contributed by atoms with Gasteiger partial charge >= 0.3 is 0 Å². The van der Waals surface area contributed by atoms with Crippen molar-refractivity contribution in [3.63, 3.8) is 0 Å². The zero-order valence-corrected chi connectivity index (χ0v) is 14.8. The summed E-state index contributed by atoms with van der Waals surface area (Å²) in [7, 11) is 1.63. The molecule has 1 N–H and O–H groups in total. The molecule has 4 nitrogen and oxygen atoms in total. The summed E-state index contributed by atoms with van der Waals surface area (Å²) >= 11 is 1.39. The van der Waals surface area contributed by atoms with E-state index >= 15 is 0 Å². The van der Waals surface area contributed by atoms with Gasteiger partial charge in [0, 0.05) is 17.0 Å². The van der Waals surface area contributed by atoms with Crippen molar-refractivity contribution < 1.29 is 9.53 Å². The number of carbonyl (C=O) groups excluding carboxylic acids is 1. The number of carbonyl (C=O) groups is 1. The normalized spacial score (nSPS) is 10.8. The number of hydrogen-bond acceptors (Lipinski definition) is 4. The summed E-state index contributed by atoms with van der Waals surface area (Å²) in [5.74, 6) is 0.573. The standard InChI is InChI=1S/C20H18N2O2S/c1-14-6-8-15(9-7-14)10-11-19(23)22-20-21-18(13-25-20)16-4-3-5-17(12-16)24-2/h3-13H,1-2H3,(H,21,22,23)/b11-10+. The summed E-state index contributed by atoms with van der Waals surface area (Å²) in [6.07, 6.45) is 3.29. The van der Waals surface area contributed by atoms with Crippen LogP contribution >= 0.6 is 11.3 Å². The minimum absolute atomic E-state index is 0.202. The third kappa shape index (κ3) is 4.55. The number of thiazole rings is 1. The Bertz CT molecular complexity index is 898. The lowest BCUT2D eigenvalue weighted by molar-refractivity contribution is -0.111. The molecule has 0 spiro atoms. The number of amides is 1. The molecule has 0 aliphatic heterocycles. The molecule has 0 aliphatic carbocycles. The van der Waals surface area contributed by atoms with Gasteiger partial charge in [0.15, 0.2) is 5.13 Å². The van der Waals surface area contributed by atoms with E-state index in [0.717, 1.165) is 22.6 Å². The molecular formula is C20H18N2O2S. The summed E-state index contributed by atoms with van der Waals surface area (Å²) in [6.45, 7) is 2.03. The third-order valence-electron chi connectivity index (χ3n) is 3.60. The van der Waals surface area contributed by atoms with Crippen LogP contribution in [0.1, 0.15) is 11.1 Å². The molecule has 0 unspecified atom stereocenters. The molecule has 25 heavy (non-hydrogen) atoms. The Labute approximate surface area is 150 Å². The minimum atomic E-state index is -0.202. The monoisotopic (exact) mass is 350 g/mol. The Morgan fingerprint density at radius 2 is 2.00 bits per heavy atom. The number of rotatable bonds is 5. The molecule has 0 fully saturated rings. The van der Waals surface area contributed by atoms with Crippen LogP contribution in [0.4, 0.5) is 5.13 Å². The Kier molecular flexibility index (Phi) is 5.26. The van der Waals surface area contributed by atoms with Crippen molar-refractivity contribution in [1.29, 1.82) is 0 Å². The van der Waals surface area contributed by atoms with E-state index < -0.39 is 0 Å². The zero-order valence-electron chi connectivity index (χ0n) is 14.0. The smallest absolute Gasteiger partial charge is 0.250 e. The first-order valence-electron chi connectivity index (χ1n) is 7.80. The van der Waals surface area contributed by atoms with E-state index in [-0.39, 0.29) is 5.91 Å². The lowest BCUT2D eigenvalue weighted by atomic mass is 10.1. The molecule has 126 valence electrons. The van der Waals surface area contributed by atoms with Crippen LogP contribution in [0.3, 0.4) is 0 Å². The molecule has 1 heterocycles. The van der Waals surface area contributed by atoms with Gasteiger partial charge in [-0.2, -0.15) is 0 Å². The molecule has 1 amide bonds. The fraction of sp³-hybridized carbons (Fsp3) is 0.100. The molecule has 3 rings (SSSR count). The lowest BCUT2D eigenvalue weighted by Crippen LogP contribution is -2.07. The number of aromatic nitrogens is 1. The number of anilines is 1. The highest BCUT2D eigenvalue weighted by molar-refractivity contribution is 7.14. The van der Waals surface area contributed by atoms with Crippen molar-refractivity contribution in [2.24, 2.45) is 0 Å². The fourth-order valence-corrected chi connectivity index (χ4v) is 2.97. The van der Waals surface area contributed by atoms with Crippen LogP contribution < -0.4 is 10.1 Å². The quantitative estimate of drug-likeness (QED) is 0.674. The first kappa shape index (κ1) is 16.9. The Hall–Kier alpha value is -2.92. The summed E-state index contributed by atoms with van der Waals surface area (Å²) in [6, 6.07) is 15.6. The van der Waals surface area contributed by atoms with Crippen LogP contribution in [0, 0.1) is 6.92 Å². The van der Waals surface area contributed by atoms with Crippen molar-refractivity contribution in [2.45, 2.75) is 6.92 Å². The van der Waals surface area contributed by atoms with Gasteiger partial charge in [0.25, 0.3) is 0 Å². The molecule has 0 saturated carbocycles. The highest BCUT2D eigenvalue weighted by Crippen LogP contribution is 2.27. The topological polar surface area (TPSA) is 51.2 Å². The Morgan fingerprint density at radius 1 is 1.20 bits per heavy atom. The van der Waals surface area contributed by atoms with Crippen LogP contribution in [0.2, 0.25) is 0 Å². The van der Waals surface area contributed by atoms with E-state index in [1.165, 1.54) is 23.0 Å².